The van der Waals surface area contributed by atoms with Crippen LogP contribution < -0.4 is 10.1 Å². The minimum Gasteiger partial charge on any atom is -0.496 e. The Bertz CT molecular complexity index is 664. The summed E-state index contributed by atoms with van der Waals surface area (Å²) in [5.74, 6) is 3.36. The maximum absolute atomic E-state index is 13.0. The van der Waals surface area contributed by atoms with Gasteiger partial charge in [0.1, 0.15) is 5.75 Å². The number of rotatable bonds is 4. The van der Waals surface area contributed by atoms with Crippen molar-refractivity contribution < 1.29 is 9.53 Å². The van der Waals surface area contributed by atoms with Crippen LogP contribution >= 0.6 is 15.9 Å². The lowest BCUT2D eigenvalue weighted by atomic mass is 9.48. The van der Waals surface area contributed by atoms with Gasteiger partial charge in [-0.05, 0) is 93.2 Å². The molecule has 4 aliphatic carbocycles. The molecular formula is C21H28BrNO2. The summed E-state index contributed by atoms with van der Waals surface area (Å²) in [6, 6.07) is 4.07. The Morgan fingerprint density at radius 3 is 2.28 bits per heavy atom. The average Bonchev–Trinajstić information content (AvgIpc) is 2.52. The Balaban J connectivity index is 1.55. The Labute approximate surface area is 159 Å². The lowest BCUT2D eigenvalue weighted by Crippen LogP contribution is -2.55. The van der Waals surface area contributed by atoms with Gasteiger partial charge < -0.3 is 10.1 Å². The number of halogens is 1. The van der Waals surface area contributed by atoms with E-state index < -0.39 is 0 Å². The van der Waals surface area contributed by atoms with Gasteiger partial charge in [-0.3, -0.25) is 4.79 Å². The molecule has 1 aromatic rings. The van der Waals surface area contributed by atoms with E-state index in [2.05, 4.69) is 28.2 Å². The Hall–Kier alpha value is -1.03. The highest BCUT2D eigenvalue weighted by Crippen LogP contribution is 2.61. The van der Waals surface area contributed by atoms with Gasteiger partial charge >= 0.3 is 0 Å². The summed E-state index contributed by atoms with van der Waals surface area (Å²) in [7, 11) is 1.63. The molecule has 4 heteroatoms. The Kier molecular flexibility index (Phi) is 4.38. The van der Waals surface area contributed by atoms with E-state index in [0.717, 1.165) is 27.8 Å². The molecule has 0 aromatic heterocycles. The molecule has 0 radical (unpaired) electrons. The van der Waals surface area contributed by atoms with E-state index >= 15 is 0 Å². The zero-order valence-electron chi connectivity index (χ0n) is 15.4. The first-order valence-electron chi connectivity index (χ1n) is 9.55. The highest BCUT2D eigenvalue weighted by molar-refractivity contribution is 9.10. The molecule has 0 saturated heterocycles. The van der Waals surface area contributed by atoms with Gasteiger partial charge in [0.05, 0.1) is 12.7 Å². The Morgan fingerprint density at radius 2 is 1.76 bits per heavy atom. The molecule has 25 heavy (non-hydrogen) atoms. The topological polar surface area (TPSA) is 38.3 Å². The van der Waals surface area contributed by atoms with Gasteiger partial charge in [-0.15, -0.1) is 0 Å². The van der Waals surface area contributed by atoms with Crippen molar-refractivity contribution >= 4 is 21.8 Å². The molecule has 1 N–H and O–H groups in total. The second-order valence-corrected chi connectivity index (χ2v) is 9.69. The van der Waals surface area contributed by atoms with Crippen molar-refractivity contribution in [3.05, 3.63) is 27.7 Å². The number of methoxy groups -OCH3 is 1. The van der Waals surface area contributed by atoms with Crippen molar-refractivity contribution in [1.82, 2.24) is 5.32 Å². The average molecular weight is 406 g/mol. The molecule has 0 unspecified atom stereocenters. The lowest BCUT2D eigenvalue weighted by Gasteiger charge is -2.59. The van der Waals surface area contributed by atoms with Crippen LogP contribution in [-0.2, 0) is 0 Å². The van der Waals surface area contributed by atoms with E-state index in [1.165, 1.54) is 38.5 Å². The first kappa shape index (κ1) is 17.4. The molecule has 0 heterocycles. The molecule has 0 aliphatic heterocycles. The molecule has 1 amide bonds. The van der Waals surface area contributed by atoms with E-state index in [1.807, 2.05) is 19.1 Å². The maximum atomic E-state index is 13.0. The first-order chi connectivity index (χ1) is 11.9. The molecule has 5 rings (SSSR count). The summed E-state index contributed by atoms with van der Waals surface area (Å²) < 4.78 is 6.42. The highest BCUT2D eigenvalue weighted by Gasteiger charge is 2.53. The third-order valence-electron chi connectivity index (χ3n) is 7.04. The van der Waals surface area contributed by atoms with Crippen LogP contribution in [-0.4, -0.2) is 19.1 Å². The number of amides is 1. The predicted octanol–water partition coefficient (Wildman–Crippen LogP) is 5.10. The van der Waals surface area contributed by atoms with Gasteiger partial charge in [0.2, 0.25) is 0 Å². The minimum absolute atomic E-state index is 0.00973. The number of ether oxygens (including phenoxy) is 1. The smallest absolute Gasteiger partial charge is 0.255 e. The fourth-order valence-electron chi connectivity index (χ4n) is 6.30. The first-order valence-corrected chi connectivity index (χ1v) is 10.3. The normalized spacial score (nSPS) is 34.0. The second-order valence-electron chi connectivity index (χ2n) is 8.78. The predicted molar refractivity (Wildman–Crippen MR) is 103 cm³/mol. The summed E-state index contributed by atoms with van der Waals surface area (Å²) in [4.78, 5) is 13.0. The number of carbonyl (C=O) groups excluding carboxylic acids is 1. The van der Waals surface area contributed by atoms with E-state index in [9.17, 15) is 4.79 Å². The fourth-order valence-corrected chi connectivity index (χ4v) is 6.88. The van der Waals surface area contributed by atoms with Crippen molar-refractivity contribution in [2.45, 2.75) is 58.4 Å². The Morgan fingerprint density at radius 1 is 1.20 bits per heavy atom. The van der Waals surface area contributed by atoms with Gasteiger partial charge in [-0.2, -0.15) is 0 Å². The minimum atomic E-state index is -0.00973. The molecule has 4 aliphatic rings. The largest absolute Gasteiger partial charge is 0.496 e. The van der Waals surface area contributed by atoms with Gasteiger partial charge in [0, 0.05) is 10.5 Å². The van der Waals surface area contributed by atoms with Crippen molar-refractivity contribution in [1.29, 1.82) is 0 Å². The van der Waals surface area contributed by atoms with Gasteiger partial charge in [-0.1, -0.05) is 15.9 Å². The van der Waals surface area contributed by atoms with Crippen LogP contribution in [0.3, 0.4) is 0 Å². The number of carbonyl (C=O) groups is 1. The summed E-state index contributed by atoms with van der Waals surface area (Å²) in [5, 5.41) is 3.34. The van der Waals surface area contributed by atoms with Crippen LogP contribution in [0, 0.1) is 30.1 Å². The van der Waals surface area contributed by atoms with Crippen molar-refractivity contribution in [2.24, 2.45) is 23.2 Å². The van der Waals surface area contributed by atoms with Crippen LogP contribution in [0.5, 0.6) is 5.75 Å². The molecule has 1 atom stereocenters. The third kappa shape index (κ3) is 3.01. The molecule has 4 saturated carbocycles. The van der Waals surface area contributed by atoms with Gasteiger partial charge in [0.15, 0.2) is 0 Å². The van der Waals surface area contributed by atoms with Crippen molar-refractivity contribution in [3.63, 3.8) is 0 Å². The summed E-state index contributed by atoms with van der Waals surface area (Å²) >= 11 is 3.51. The molecule has 3 nitrogen and oxygen atoms in total. The maximum Gasteiger partial charge on any atom is 0.255 e. The standard InChI is InChI=1S/C21H28BrNO2/c1-12-4-17(22)8-18(19(12)25-3)20(24)23-13(2)21-9-14-5-15(10-21)7-16(6-14)11-21/h4,8,13-16H,5-7,9-11H2,1-3H3,(H,23,24)/t13-,14?,15?,16?,21?/m1/s1. The van der Waals surface area contributed by atoms with Crippen LogP contribution in [0.1, 0.15) is 61.4 Å². The van der Waals surface area contributed by atoms with Gasteiger partial charge in [0.25, 0.3) is 5.91 Å². The monoisotopic (exact) mass is 405 g/mol. The van der Waals surface area contributed by atoms with Gasteiger partial charge in [-0.25, -0.2) is 0 Å². The number of benzene rings is 1. The number of hydrogen-bond acceptors (Lipinski definition) is 2. The molecule has 1 aromatic carbocycles. The third-order valence-corrected chi connectivity index (χ3v) is 7.50. The number of hydrogen-bond donors (Lipinski definition) is 1. The van der Waals surface area contributed by atoms with Crippen LogP contribution in [0.25, 0.3) is 0 Å². The molecule has 136 valence electrons. The van der Waals surface area contributed by atoms with Crippen LogP contribution in [0.4, 0.5) is 0 Å². The summed E-state index contributed by atoms with van der Waals surface area (Å²) in [5.41, 5.74) is 1.93. The van der Waals surface area contributed by atoms with E-state index in [0.29, 0.717) is 16.7 Å². The number of nitrogens with one attached hydrogen (secondary N) is 1. The fraction of sp³-hybridized carbons (Fsp3) is 0.667. The SMILES string of the molecule is COc1c(C)cc(Br)cc1C(=O)N[C@H](C)C12CC3CC(CC(C3)C1)C2. The highest BCUT2D eigenvalue weighted by atomic mass is 79.9. The van der Waals surface area contributed by atoms with E-state index in [1.54, 1.807) is 7.11 Å². The zero-order chi connectivity index (χ0) is 17.8. The second kappa shape index (κ2) is 6.29. The molecule has 4 bridgehead atoms. The zero-order valence-corrected chi connectivity index (χ0v) is 17.0. The summed E-state index contributed by atoms with van der Waals surface area (Å²) in [6.07, 6.45) is 8.19. The lowest BCUT2D eigenvalue weighted by molar-refractivity contribution is -0.0688. The molecule has 0 spiro atoms. The quantitative estimate of drug-likeness (QED) is 0.756. The van der Waals surface area contributed by atoms with Crippen molar-refractivity contribution in [3.8, 4) is 5.75 Å². The molecular weight excluding hydrogens is 378 g/mol. The van der Waals surface area contributed by atoms with Crippen LogP contribution in [0.2, 0.25) is 0 Å². The van der Waals surface area contributed by atoms with Crippen molar-refractivity contribution in [2.75, 3.05) is 7.11 Å². The summed E-state index contributed by atoms with van der Waals surface area (Å²) in [6.45, 7) is 4.20. The van der Waals surface area contributed by atoms with E-state index in [-0.39, 0.29) is 11.9 Å². The van der Waals surface area contributed by atoms with Crippen LogP contribution in [0.15, 0.2) is 16.6 Å². The number of aryl methyl sites for hydroxylation is 1. The van der Waals surface area contributed by atoms with E-state index in [4.69, 9.17) is 4.74 Å². The molecule has 4 fully saturated rings.